The number of carbonyl (C=O) groups excluding carboxylic acids is 1. The van der Waals surface area contributed by atoms with E-state index in [1.165, 1.54) is 7.05 Å². The predicted molar refractivity (Wildman–Crippen MR) is 63.1 cm³/mol. The van der Waals surface area contributed by atoms with E-state index < -0.39 is 0 Å². The molecule has 1 fully saturated rings. The average Bonchev–Trinajstić information content (AvgIpc) is 2.88. The fourth-order valence-corrected chi connectivity index (χ4v) is 2.29. The van der Waals surface area contributed by atoms with Gasteiger partial charge in [-0.05, 0) is 7.05 Å². The van der Waals surface area contributed by atoms with Crippen LogP contribution in [0.1, 0.15) is 17.3 Å². The van der Waals surface area contributed by atoms with E-state index in [4.69, 9.17) is 5.73 Å². The lowest BCUT2D eigenvalue weighted by Crippen LogP contribution is -2.29. The summed E-state index contributed by atoms with van der Waals surface area (Å²) in [5, 5.41) is 7.22. The Bertz CT molecular complexity index is 415. The van der Waals surface area contributed by atoms with Crippen molar-refractivity contribution in [1.29, 1.82) is 0 Å². The Kier molecular flexibility index (Phi) is 3.30. The zero-order chi connectivity index (χ0) is 12.4. The highest BCUT2D eigenvalue weighted by atomic mass is 16.2. The quantitative estimate of drug-likeness (QED) is 0.614. The minimum Gasteiger partial charge on any atom is -0.333 e. The molecule has 1 aromatic heterocycles. The van der Waals surface area contributed by atoms with Gasteiger partial charge in [0.2, 0.25) is 0 Å². The largest absolute Gasteiger partial charge is 0.333 e. The molecule has 3 rings (SSSR count). The van der Waals surface area contributed by atoms with Crippen molar-refractivity contribution < 1.29 is 4.79 Å². The van der Waals surface area contributed by atoms with Gasteiger partial charge in [0.1, 0.15) is 0 Å². The van der Waals surface area contributed by atoms with Crippen LogP contribution in [0, 0.1) is 0 Å². The van der Waals surface area contributed by atoms with E-state index in [0.717, 1.165) is 17.8 Å². The second-order valence-corrected chi connectivity index (χ2v) is 3.94. The van der Waals surface area contributed by atoms with E-state index in [1.807, 2.05) is 15.8 Å². The van der Waals surface area contributed by atoms with Gasteiger partial charge in [-0.2, -0.15) is 5.10 Å². The zero-order valence-corrected chi connectivity index (χ0v) is 9.89. The third kappa shape index (κ3) is 1.87. The Balaban J connectivity index is 0.000000514. The minimum atomic E-state index is 0.0236. The number of aromatic nitrogens is 2. The number of carbonyl (C=O) groups is 1. The van der Waals surface area contributed by atoms with E-state index in [1.54, 1.807) is 0 Å². The molecule has 94 valence electrons. The Labute approximate surface area is 99.7 Å². The first-order valence-electron chi connectivity index (χ1n) is 5.67. The molecule has 2 aliphatic rings. The van der Waals surface area contributed by atoms with E-state index in [2.05, 4.69) is 16.1 Å². The molecule has 1 unspecified atom stereocenters. The van der Waals surface area contributed by atoms with Crippen LogP contribution < -0.4 is 16.8 Å². The van der Waals surface area contributed by atoms with Gasteiger partial charge in [0.15, 0.2) is 0 Å². The highest BCUT2D eigenvalue weighted by molar-refractivity contribution is 5.78. The average molecular weight is 238 g/mol. The van der Waals surface area contributed by atoms with Crippen LogP contribution in [-0.4, -0.2) is 40.8 Å². The smallest absolute Gasteiger partial charge is 0.318 e. The zero-order valence-electron chi connectivity index (χ0n) is 9.89. The van der Waals surface area contributed by atoms with Crippen molar-refractivity contribution in [3.63, 3.8) is 0 Å². The van der Waals surface area contributed by atoms with E-state index >= 15 is 0 Å². The van der Waals surface area contributed by atoms with Crippen molar-refractivity contribution in [2.75, 3.05) is 20.1 Å². The summed E-state index contributed by atoms with van der Waals surface area (Å²) < 4.78 is 1.90. The molecule has 1 atom stereocenters. The topological polar surface area (TPSA) is 102 Å². The summed E-state index contributed by atoms with van der Waals surface area (Å²) in [6, 6.07) is 0.142. The van der Waals surface area contributed by atoms with Crippen molar-refractivity contribution in [3.05, 3.63) is 17.5 Å². The molecule has 1 aromatic rings. The van der Waals surface area contributed by atoms with E-state index in [0.29, 0.717) is 19.6 Å². The Morgan fingerprint density at radius 1 is 1.59 bits per heavy atom. The third-order valence-corrected chi connectivity index (χ3v) is 3.03. The molecule has 7 nitrogen and oxygen atoms in total. The summed E-state index contributed by atoms with van der Waals surface area (Å²) in [5.41, 5.74) is 12.3. The molecule has 2 bridgehead atoms. The maximum atomic E-state index is 11.5. The first-order valence-corrected chi connectivity index (χ1v) is 5.67. The van der Waals surface area contributed by atoms with Crippen molar-refractivity contribution >= 4 is 6.03 Å². The van der Waals surface area contributed by atoms with Gasteiger partial charge in [-0.15, -0.1) is 0 Å². The fraction of sp³-hybridized carbons (Fsp3) is 0.600. The summed E-state index contributed by atoms with van der Waals surface area (Å²) >= 11 is 0. The van der Waals surface area contributed by atoms with Crippen LogP contribution in [0.4, 0.5) is 4.79 Å². The number of nitrogens with one attached hydrogen (secondary N) is 1. The second kappa shape index (κ2) is 4.72. The summed E-state index contributed by atoms with van der Waals surface area (Å²) in [6.07, 6.45) is 1.85. The molecule has 17 heavy (non-hydrogen) atoms. The molecule has 5 N–H and O–H groups in total. The Morgan fingerprint density at radius 2 is 2.35 bits per heavy atom. The molecule has 0 aliphatic carbocycles. The van der Waals surface area contributed by atoms with Crippen LogP contribution in [0.3, 0.4) is 0 Å². The number of hydrogen-bond acceptors (Lipinski definition) is 4. The second-order valence-electron chi connectivity index (χ2n) is 3.94. The standard InChI is InChI=1S/C9H13N5O.CH5N/c10-1-2-14-8-5-13-4-7(12-9(13)15)6(8)3-11-14;1-2/h3,7H,1-2,4-5,10H2,(H,12,15);2H2,1H3. The van der Waals surface area contributed by atoms with Gasteiger partial charge in [0, 0.05) is 18.7 Å². The predicted octanol–water partition coefficient (Wildman–Crippen LogP) is -1.00. The van der Waals surface area contributed by atoms with Gasteiger partial charge < -0.3 is 21.7 Å². The maximum Gasteiger partial charge on any atom is 0.318 e. The lowest BCUT2D eigenvalue weighted by Gasteiger charge is -2.21. The van der Waals surface area contributed by atoms with Crippen LogP contribution >= 0.6 is 0 Å². The molecule has 0 aromatic carbocycles. The monoisotopic (exact) mass is 238 g/mol. The highest BCUT2D eigenvalue weighted by Gasteiger charge is 2.37. The summed E-state index contributed by atoms with van der Waals surface area (Å²) in [7, 11) is 1.50. The molecule has 0 radical (unpaired) electrons. The summed E-state index contributed by atoms with van der Waals surface area (Å²) in [6.45, 7) is 2.70. The van der Waals surface area contributed by atoms with Gasteiger partial charge in [-0.3, -0.25) is 4.68 Å². The third-order valence-electron chi connectivity index (χ3n) is 3.03. The number of fused-ring (bicyclic) bond motifs is 4. The van der Waals surface area contributed by atoms with Crippen LogP contribution in [0.15, 0.2) is 6.20 Å². The molecule has 1 saturated heterocycles. The van der Waals surface area contributed by atoms with Crippen LogP contribution in [0.5, 0.6) is 0 Å². The van der Waals surface area contributed by atoms with Gasteiger partial charge >= 0.3 is 6.03 Å². The molecule has 3 heterocycles. The molecule has 0 saturated carbocycles. The maximum absolute atomic E-state index is 11.5. The molecule has 7 heteroatoms. The number of rotatable bonds is 2. The van der Waals surface area contributed by atoms with Gasteiger partial charge in [-0.25, -0.2) is 4.79 Å². The number of nitrogens with zero attached hydrogens (tertiary/aromatic N) is 3. The summed E-state index contributed by atoms with van der Waals surface area (Å²) in [4.78, 5) is 13.3. The number of urea groups is 1. The molecule has 0 spiro atoms. The van der Waals surface area contributed by atoms with E-state index in [-0.39, 0.29) is 12.1 Å². The number of nitrogens with two attached hydrogens (primary N) is 2. The van der Waals surface area contributed by atoms with Crippen molar-refractivity contribution in [2.45, 2.75) is 19.1 Å². The SMILES string of the molecule is CN.NCCn1ncc2c1CN1CC2NC1=O. The number of amides is 2. The van der Waals surface area contributed by atoms with Gasteiger partial charge in [0.05, 0.1) is 31.0 Å². The number of hydrogen-bond donors (Lipinski definition) is 3. The van der Waals surface area contributed by atoms with Crippen LogP contribution in [0.25, 0.3) is 0 Å². The molecular formula is C10H18N6O. The first kappa shape index (κ1) is 11.9. The Morgan fingerprint density at radius 3 is 3.06 bits per heavy atom. The molecular weight excluding hydrogens is 220 g/mol. The Hall–Kier alpha value is -1.60. The van der Waals surface area contributed by atoms with Crippen LogP contribution in [0.2, 0.25) is 0 Å². The minimum absolute atomic E-state index is 0.0236. The van der Waals surface area contributed by atoms with Crippen molar-refractivity contribution in [3.8, 4) is 0 Å². The van der Waals surface area contributed by atoms with Crippen LogP contribution in [-0.2, 0) is 13.1 Å². The van der Waals surface area contributed by atoms with Crippen molar-refractivity contribution in [2.24, 2.45) is 11.5 Å². The van der Waals surface area contributed by atoms with E-state index in [9.17, 15) is 4.79 Å². The van der Waals surface area contributed by atoms with Gasteiger partial charge in [-0.1, -0.05) is 0 Å². The lowest BCUT2D eigenvalue weighted by molar-refractivity contribution is 0.213. The van der Waals surface area contributed by atoms with Gasteiger partial charge in [0.25, 0.3) is 0 Å². The molecule has 2 aliphatic heterocycles. The first-order chi connectivity index (χ1) is 8.29. The normalized spacial score (nSPS) is 20.5. The summed E-state index contributed by atoms with van der Waals surface area (Å²) in [5.74, 6) is 0. The fourth-order valence-electron chi connectivity index (χ4n) is 2.29. The lowest BCUT2D eigenvalue weighted by atomic mass is 10.1. The van der Waals surface area contributed by atoms with Crippen molar-refractivity contribution in [1.82, 2.24) is 20.0 Å². The highest BCUT2D eigenvalue weighted by Crippen LogP contribution is 2.30. The molecule has 2 amide bonds.